The number of rotatable bonds is 4. The Kier molecular flexibility index (Phi) is 4.57. The first kappa shape index (κ1) is 15.5. The molecule has 7 nitrogen and oxygen atoms in total. The van der Waals surface area contributed by atoms with Gasteiger partial charge in [0.2, 0.25) is 0 Å². The van der Waals surface area contributed by atoms with Crippen LogP contribution in [-0.4, -0.2) is 28.0 Å². The van der Waals surface area contributed by atoms with Crippen LogP contribution in [0.5, 0.6) is 5.75 Å². The number of aromatic hydroxyl groups is 1. The van der Waals surface area contributed by atoms with Gasteiger partial charge in [-0.2, -0.15) is 9.80 Å². The molecule has 0 amide bonds. The zero-order valence-electron chi connectivity index (χ0n) is 13.2. The van der Waals surface area contributed by atoms with Gasteiger partial charge in [-0.1, -0.05) is 6.07 Å². The minimum atomic E-state index is -0.149. The summed E-state index contributed by atoms with van der Waals surface area (Å²) in [5.74, 6) is 0.123. The predicted octanol–water partition coefficient (Wildman–Crippen LogP) is 1.63. The third-order valence-electron chi connectivity index (χ3n) is 4.14. The molecule has 1 aliphatic rings. The lowest BCUT2D eigenvalue weighted by Gasteiger charge is -2.23. The molecule has 0 atom stereocenters. The molecule has 122 valence electrons. The molecule has 2 aromatic rings. The molecule has 1 aromatic carbocycles. The van der Waals surface area contributed by atoms with E-state index in [1.807, 2.05) is 6.92 Å². The number of hydrogen-bond acceptors (Lipinski definition) is 4. The maximum absolute atomic E-state index is 12.5. The van der Waals surface area contributed by atoms with Gasteiger partial charge in [0.05, 0.1) is 24.5 Å². The Morgan fingerprint density at radius 3 is 2.78 bits per heavy atom. The number of aromatic amines is 1. The van der Waals surface area contributed by atoms with Gasteiger partial charge >= 0.3 is 0 Å². The van der Waals surface area contributed by atoms with Crippen molar-refractivity contribution in [1.29, 1.82) is 0 Å². The van der Waals surface area contributed by atoms with Crippen molar-refractivity contribution in [3.63, 3.8) is 0 Å². The molecule has 1 fully saturated rings. The van der Waals surface area contributed by atoms with Gasteiger partial charge in [0, 0.05) is 6.07 Å². The van der Waals surface area contributed by atoms with E-state index in [4.69, 9.17) is 0 Å². The molecule has 3 N–H and O–H groups in total. The Morgan fingerprint density at radius 1 is 1.26 bits per heavy atom. The maximum atomic E-state index is 12.5. The standard InChI is InChI=1S/C16H21N5O2/c1-12-15(18-17-13-6-5-7-14(22)10-13)16(23)21(19-12)11-20-8-3-2-4-9-20/h5-7,10,19,22H,2-4,8-9,11H2,1H3/p+1. The Bertz CT molecular complexity index is 756. The number of nitrogens with one attached hydrogen (secondary N) is 2. The fourth-order valence-corrected chi connectivity index (χ4v) is 2.92. The van der Waals surface area contributed by atoms with Crippen molar-refractivity contribution in [2.75, 3.05) is 13.1 Å². The Morgan fingerprint density at radius 2 is 2.04 bits per heavy atom. The summed E-state index contributed by atoms with van der Waals surface area (Å²) in [5.41, 5.74) is 1.39. The molecule has 23 heavy (non-hydrogen) atoms. The third kappa shape index (κ3) is 3.68. The lowest BCUT2D eigenvalue weighted by Crippen LogP contribution is -3.12. The molecule has 2 heterocycles. The zero-order chi connectivity index (χ0) is 16.2. The minimum Gasteiger partial charge on any atom is -0.508 e. The van der Waals surface area contributed by atoms with Crippen LogP contribution in [0.1, 0.15) is 25.0 Å². The van der Waals surface area contributed by atoms with Crippen molar-refractivity contribution in [2.24, 2.45) is 10.2 Å². The summed E-state index contributed by atoms with van der Waals surface area (Å²) < 4.78 is 1.62. The summed E-state index contributed by atoms with van der Waals surface area (Å²) in [7, 11) is 0. The quantitative estimate of drug-likeness (QED) is 0.749. The second-order valence-electron chi connectivity index (χ2n) is 6.01. The van der Waals surface area contributed by atoms with E-state index in [-0.39, 0.29) is 11.3 Å². The summed E-state index contributed by atoms with van der Waals surface area (Å²) in [4.78, 5) is 13.9. The van der Waals surface area contributed by atoms with Gasteiger partial charge in [-0.3, -0.25) is 9.89 Å². The Labute approximate surface area is 134 Å². The molecule has 0 saturated carbocycles. The topological polar surface area (TPSA) is 87.2 Å². The van der Waals surface area contributed by atoms with E-state index in [0.717, 1.165) is 13.1 Å². The maximum Gasteiger partial charge on any atom is 0.299 e. The smallest absolute Gasteiger partial charge is 0.299 e. The highest BCUT2D eigenvalue weighted by atomic mass is 16.3. The lowest BCUT2D eigenvalue weighted by molar-refractivity contribution is -0.928. The van der Waals surface area contributed by atoms with E-state index in [2.05, 4.69) is 15.3 Å². The van der Waals surface area contributed by atoms with Crippen LogP contribution in [0, 0.1) is 6.92 Å². The molecule has 0 unspecified atom stereocenters. The minimum absolute atomic E-state index is 0.123. The van der Waals surface area contributed by atoms with Crippen LogP contribution < -0.4 is 10.5 Å². The van der Waals surface area contributed by atoms with E-state index in [0.29, 0.717) is 23.7 Å². The second kappa shape index (κ2) is 6.78. The van der Waals surface area contributed by atoms with Gasteiger partial charge in [0.1, 0.15) is 5.75 Å². The van der Waals surface area contributed by atoms with Crippen LogP contribution in [0.15, 0.2) is 39.3 Å². The van der Waals surface area contributed by atoms with E-state index < -0.39 is 0 Å². The summed E-state index contributed by atoms with van der Waals surface area (Å²) in [6.07, 6.45) is 3.72. The van der Waals surface area contributed by atoms with E-state index in [1.54, 1.807) is 22.9 Å². The molecule has 0 aliphatic carbocycles. The highest BCUT2D eigenvalue weighted by molar-refractivity contribution is 5.44. The van der Waals surface area contributed by atoms with Gasteiger partial charge in [0.15, 0.2) is 12.4 Å². The third-order valence-corrected chi connectivity index (χ3v) is 4.14. The lowest BCUT2D eigenvalue weighted by atomic mass is 10.1. The van der Waals surface area contributed by atoms with Gasteiger partial charge in [0.25, 0.3) is 5.56 Å². The molecule has 1 saturated heterocycles. The molecule has 1 aliphatic heterocycles. The van der Waals surface area contributed by atoms with Gasteiger partial charge in [-0.15, -0.1) is 5.11 Å². The number of likely N-dealkylation sites (tertiary alicyclic amines) is 1. The highest BCUT2D eigenvalue weighted by Gasteiger charge is 2.17. The number of aromatic nitrogens is 2. The average molecular weight is 316 g/mol. The average Bonchev–Trinajstić information content (AvgIpc) is 2.80. The van der Waals surface area contributed by atoms with E-state index in [9.17, 15) is 9.90 Å². The largest absolute Gasteiger partial charge is 0.508 e. The van der Waals surface area contributed by atoms with Gasteiger partial charge in [-0.25, -0.2) is 0 Å². The van der Waals surface area contributed by atoms with Crippen molar-refractivity contribution < 1.29 is 10.0 Å². The number of benzene rings is 1. The van der Waals surface area contributed by atoms with Crippen molar-refractivity contribution in [2.45, 2.75) is 32.9 Å². The zero-order valence-corrected chi connectivity index (χ0v) is 13.2. The number of piperidine rings is 1. The van der Waals surface area contributed by atoms with Gasteiger partial charge in [-0.05, 0) is 38.3 Å². The van der Waals surface area contributed by atoms with Crippen LogP contribution in [0.3, 0.4) is 0 Å². The number of phenolic OH excluding ortho intramolecular Hbond substituents is 1. The fraction of sp³-hybridized carbons (Fsp3) is 0.438. The molecule has 3 rings (SSSR count). The molecule has 7 heteroatoms. The van der Waals surface area contributed by atoms with Crippen LogP contribution in [-0.2, 0) is 6.67 Å². The Balaban J connectivity index is 1.79. The van der Waals surface area contributed by atoms with Crippen molar-refractivity contribution in [3.05, 3.63) is 40.3 Å². The Hall–Kier alpha value is -2.41. The van der Waals surface area contributed by atoms with Crippen molar-refractivity contribution in [3.8, 4) is 5.75 Å². The first-order valence-corrected chi connectivity index (χ1v) is 7.97. The molecular formula is C16H22N5O2+. The first-order chi connectivity index (χ1) is 11.1. The summed E-state index contributed by atoms with van der Waals surface area (Å²) in [6.45, 7) is 4.66. The first-order valence-electron chi connectivity index (χ1n) is 7.97. The molecular weight excluding hydrogens is 294 g/mol. The van der Waals surface area contributed by atoms with E-state index >= 15 is 0 Å². The fourth-order valence-electron chi connectivity index (χ4n) is 2.92. The van der Waals surface area contributed by atoms with Crippen LogP contribution in [0.25, 0.3) is 0 Å². The van der Waals surface area contributed by atoms with Crippen molar-refractivity contribution in [1.82, 2.24) is 9.78 Å². The number of H-pyrrole nitrogens is 1. The van der Waals surface area contributed by atoms with Crippen LogP contribution >= 0.6 is 0 Å². The second-order valence-corrected chi connectivity index (χ2v) is 6.01. The van der Waals surface area contributed by atoms with E-state index in [1.165, 1.54) is 30.2 Å². The normalized spacial score (nSPS) is 16.2. The number of nitrogens with zero attached hydrogens (tertiary/aromatic N) is 3. The molecule has 0 spiro atoms. The predicted molar refractivity (Wildman–Crippen MR) is 86.6 cm³/mol. The van der Waals surface area contributed by atoms with Crippen molar-refractivity contribution >= 4 is 11.4 Å². The molecule has 1 aromatic heterocycles. The number of hydrogen-bond donors (Lipinski definition) is 3. The monoisotopic (exact) mass is 316 g/mol. The molecule has 0 radical (unpaired) electrons. The SMILES string of the molecule is Cc1[nH]n(C[NH+]2CCCCC2)c(=O)c1N=Nc1cccc(O)c1. The summed E-state index contributed by atoms with van der Waals surface area (Å²) >= 11 is 0. The summed E-state index contributed by atoms with van der Waals surface area (Å²) in [5, 5.41) is 20.6. The number of aryl methyl sites for hydroxylation is 1. The number of phenols is 1. The van der Waals surface area contributed by atoms with Crippen LogP contribution in [0.2, 0.25) is 0 Å². The molecule has 0 bridgehead atoms. The highest BCUT2D eigenvalue weighted by Crippen LogP contribution is 2.21. The number of quaternary nitrogens is 1. The number of azo groups is 1. The van der Waals surface area contributed by atoms with Gasteiger partial charge < -0.3 is 10.0 Å². The summed E-state index contributed by atoms with van der Waals surface area (Å²) in [6, 6.07) is 6.48. The van der Waals surface area contributed by atoms with Crippen LogP contribution in [0.4, 0.5) is 11.4 Å².